The molecule has 10 heteroatoms. The van der Waals surface area contributed by atoms with Crippen molar-refractivity contribution in [3.8, 4) is 11.9 Å². The molecule has 0 spiro atoms. The number of fused-ring (bicyclic) bond motifs is 1. The van der Waals surface area contributed by atoms with Crippen molar-refractivity contribution in [1.29, 1.82) is 10.7 Å². The van der Waals surface area contributed by atoms with Crippen molar-refractivity contribution >= 4 is 5.90 Å². The van der Waals surface area contributed by atoms with E-state index >= 15 is 0 Å². The molecule has 1 aromatic carbocycles. The van der Waals surface area contributed by atoms with Crippen molar-refractivity contribution < 1.29 is 26.7 Å². The number of H-pyrrole nitrogens is 1. The van der Waals surface area contributed by atoms with Crippen molar-refractivity contribution in [1.82, 2.24) is 10.2 Å². The third kappa shape index (κ3) is 2.42. The van der Waals surface area contributed by atoms with Crippen LogP contribution in [0.1, 0.15) is 36.1 Å². The molecule has 2 N–H and O–H groups in total. The summed E-state index contributed by atoms with van der Waals surface area (Å²) in [6.45, 7) is 1.80. The number of benzene rings is 1. The van der Waals surface area contributed by atoms with E-state index in [-0.39, 0.29) is 11.4 Å². The third-order valence-corrected chi connectivity index (χ3v) is 4.18. The Morgan fingerprint density at radius 1 is 1.08 bits per heavy atom. The molecular weight excluding hydrogens is 359 g/mol. The number of aromatic nitrogens is 2. The molecule has 5 nitrogen and oxygen atoms in total. The van der Waals surface area contributed by atoms with Crippen LogP contribution in [0.15, 0.2) is 0 Å². The van der Waals surface area contributed by atoms with Gasteiger partial charge in [-0.05, 0) is 6.42 Å². The summed E-state index contributed by atoms with van der Waals surface area (Å²) < 4.78 is 74.6. The maximum absolute atomic E-state index is 14.4. The highest BCUT2D eigenvalue weighted by atomic mass is 19.2. The van der Waals surface area contributed by atoms with E-state index in [4.69, 9.17) is 10.1 Å². The maximum Gasteiger partial charge on any atom is 0.243 e. The Morgan fingerprint density at radius 2 is 1.65 bits per heavy atom. The molecular formula is C16H11F5N4O. The Morgan fingerprint density at radius 3 is 2.19 bits per heavy atom. The fraction of sp³-hybridized carbons (Fsp3) is 0.312. The van der Waals surface area contributed by atoms with Gasteiger partial charge in [0.05, 0.1) is 6.07 Å². The van der Waals surface area contributed by atoms with E-state index in [2.05, 4.69) is 10.2 Å². The molecule has 2 aromatic rings. The van der Waals surface area contributed by atoms with E-state index in [1.807, 2.05) is 0 Å². The molecule has 0 amide bonds. The van der Waals surface area contributed by atoms with Gasteiger partial charge in [-0.15, -0.1) is 5.10 Å². The monoisotopic (exact) mass is 370 g/mol. The highest BCUT2D eigenvalue weighted by Gasteiger charge is 2.44. The van der Waals surface area contributed by atoms with Crippen molar-refractivity contribution in [2.75, 3.05) is 0 Å². The van der Waals surface area contributed by atoms with Crippen LogP contribution in [-0.2, 0) is 6.42 Å². The zero-order chi connectivity index (χ0) is 19.2. The van der Waals surface area contributed by atoms with Gasteiger partial charge in [-0.2, -0.15) is 5.26 Å². The molecule has 0 saturated carbocycles. The Labute approximate surface area is 143 Å². The van der Waals surface area contributed by atoms with Crippen LogP contribution in [-0.4, -0.2) is 16.1 Å². The number of nitrogens with zero attached hydrogens (tertiary/aromatic N) is 2. The van der Waals surface area contributed by atoms with E-state index in [9.17, 15) is 27.2 Å². The second-order valence-electron chi connectivity index (χ2n) is 5.71. The number of halogens is 5. The van der Waals surface area contributed by atoms with Gasteiger partial charge in [0.25, 0.3) is 0 Å². The van der Waals surface area contributed by atoms with Crippen molar-refractivity contribution in [2.45, 2.75) is 25.7 Å². The Bertz CT molecular complexity index is 920. The average molecular weight is 370 g/mol. The Kier molecular flexibility index (Phi) is 4.39. The molecule has 2 unspecified atom stereocenters. The van der Waals surface area contributed by atoms with Crippen molar-refractivity contribution in [2.24, 2.45) is 5.92 Å². The maximum atomic E-state index is 14.4. The summed E-state index contributed by atoms with van der Waals surface area (Å²) in [5.74, 6) is -14.7. The van der Waals surface area contributed by atoms with E-state index in [0.29, 0.717) is 18.5 Å². The van der Waals surface area contributed by atoms with Crippen LogP contribution >= 0.6 is 0 Å². The molecule has 1 aromatic heterocycles. The SMILES string of the molecule is CCCc1[nH]nc2c1C(c1c(F)c(F)c(F)c(F)c1F)C(C#N)C(=N)O2. The lowest BCUT2D eigenvalue weighted by Crippen LogP contribution is -2.32. The van der Waals surface area contributed by atoms with Crippen LogP contribution < -0.4 is 4.74 Å². The first-order valence-electron chi connectivity index (χ1n) is 7.57. The zero-order valence-corrected chi connectivity index (χ0v) is 13.3. The van der Waals surface area contributed by atoms with E-state index < -0.39 is 52.4 Å². The van der Waals surface area contributed by atoms with Gasteiger partial charge < -0.3 is 4.74 Å². The first kappa shape index (κ1) is 17.8. The summed E-state index contributed by atoms with van der Waals surface area (Å²) in [4.78, 5) is 0. The lowest BCUT2D eigenvalue weighted by molar-refractivity contribution is 0.357. The van der Waals surface area contributed by atoms with Crippen LogP contribution in [0.4, 0.5) is 22.0 Å². The molecule has 0 bridgehead atoms. The summed E-state index contributed by atoms with van der Waals surface area (Å²) >= 11 is 0. The second-order valence-corrected chi connectivity index (χ2v) is 5.71. The molecule has 1 aliphatic rings. The van der Waals surface area contributed by atoms with E-state index in [0.717, 1.165) is 0 Å². The molecule has 0 radical (unpaired) electrons. The number of nitriles is 1. The molecule has 0 saturated heterocycles. The highest BCUT2D eigenvalue weighted by molar-refractivity contribution is 5.84. The normalized spacial score (nSPS) is 19.0. The Balaban J connectivity index is 2.35. The lowest BCUT2D eigenvalue weighted by atomic mass is 9.78. The minimum Gasteiger partial charge on any atom is -0.422 e. The van der Waals surface area contributed by atoms with Gasteiger partial charge in [0.15, 0.2) is 23.3 Å². The first-order valence-corrected chi connectivity index (χ1v) is 7.57. The van der Waals surface area contributed by atoms with Gasteiger partial charge >= 0.3 is 0 Å². The molecule has 1 aliphatic heterocycles. The van der Waals surface area contributed by atoms with Crippen LogP contribution in [0, 0.1) is 51.7 Å². The van der Waals surface area contributed by atoms with Gasteiger partial charge in [-0.3, -0.25) is 10.5 Å². The largest absolute Gasteiger partial charge is 0.422 e. The summed E-state index contributed by atoms with van der Waals surface area (Å²) in [6, 6.07) is 1.65. The molecule has 2 heterocycles. The predicted octanol–water partition coefficient (Wildman–Crippen LogP) is 3.70. The van der Waals surface area contributed by atoms with Gasteiger partial charge in [0.1, 0.15) is 5.92 Å². The first-order chi connectivity index (χ1) is 12.3. The van der Waals surface area contributed by atoms with Gasteiger partial charge in [-0.1, -0.05) is 13.3 Å². The Hall–Kier alpha value is -2.96. The lowest BCUT2D eigenvalue weighted by Gasteiger charge is -2.28. The molecule has 0 aliphatic carbocycles. The van der Waals surface area contributed by atoms with Crippen molar-refractivity contribution in [3.63, 3.8) is 0 Å². The number of hydrogen-bond acceptors (Lipinski definition) is 4. The number of aryl methyl sites for hydroxylation is 1. The third-order valence-electron chi connectivity index (χ3n) is 4.18. The summed E-state index contributed by atoms with van der Waals surface area (Å²) in [6.07, 6.45) is 0.913. The quantitative estimate of drug-likeness (QED) is 0.491. The number of ether oxygens (including phenoxy) is 1. The van der Waals surface area contributed by atoms with Crippen molar-refractivity contribution in [3.05, 3.63) is 45.9 Å². The fourth-order valence-corrected chi connectivity index (χ4v) is 3.03. The van der Waals surface area contributed by atoms with Crippen LogP contribution in [0.5, 0.6) is 5.88 Å². The highest BCUT2D eigenvalue weighted by Crippen LogP contribution is 2.45. The summed E-state index contributed by atoms with van der Waals surface area (Å²) in [5, 5.41) is 23.5. The number of nitrogens with one attached hydrogen (secondary N) is 2. The standard InChI is InChI=1S/C16H11F5N4O/c1-2-3-6-8-7(5(4-22)15(23)26-16(8)25-24-6)9-10(17)12(19)14(21)13(20)11(9)18/h5,7,23H,2-3H2,1H3,(H,24,25). The predicted molar refractivity (Wildman–Crippen MR) is 78.1 cm³/mol. The van der Waals surface area contributed by atoms with E-state index in [1.54, 1.807) is 13.0 Å². The zero-order valence-electron chi connectivity index (χ0n) is 13.3. The molecule has 26 heavy (non-hydrogen) atoms. The molecule has 136 valence electrons. The molecule has 0 fully saturated rings. The summed E-state index contributed by atoms with van der Waals surface area (Å²) in [7, 11) is 0. The smallest absolute Gasteiger partial charge is 0.243 e. The van der Waals surface area contributed by atoms with Crippen LogP contribution in [0.25, 0.3) is 0 Å². The average Bonchev–Trinajstić information content (AvgIpc) is 3.01. The molecule has 3 rings (SSSR count). The van der Waals surface area contributed by atoms with Crippen LogP contribution in [0.3, 0.4) is 0 Å². The number of aromatic amines is 1. The second kappa shape index (κ2) is 6.40. The minimum absolute atomic E-state index is 0.0117. The van der Waals surface area contributed by atoms with Gasteiger partial charge in [0, 0.05) is 22.7 Å². The van der Waals surface area contributed by atoms with Crippen LogP contribution in [0.2, 0.25) is 0 Å². The topological polar surface area (TPSA) is 85.5 Å². The molecule has 2 atom stereocenters. The number of rotatable bonds is 3. The fourth-order valence-electron chi connectivity index (χ4n) is 3.03. The minimum atomic E-state index is -2.29. The van der Waals surface area contributed by atoms with Gasteiger partial charge in [0.2, 0.25) is 17.6 Å². The number of hydrogen-bond donors (Lipinski definition) is 2. The van der Waals surface area contributed by atoms with E-state index in [1.165, 1.54) is 0 Å². The van der Waals surface area contributed by atoms with Gasteiger partial charge in [-0.25, -0.2) is 22.0 Å². The summed E-state index contributed by atoms with van der Waals surface area (Å²) in [5.41, 5.74) is -0.831.